The number of hydrogen-bond acceptors (Lipinski definition) is 5. The minimum Gasteiger partial charge on any atom is -0.495 e. The largest absolute Gasteiger partial charge is 0.495 e. The van der Waals surface area contributed by atoms with Gasteiger partial charge >= 0.3 is 0 Å². The van der Waals surface area contributed by atoms with E-state index in [0.29, 0.717) is 0 Å². The topological polar surface area (TPSA) is 37.4 Å². The van der Waals surface area contributed by atoms with Crippen LogP contribution in [0.1, 0.15) is 22.4 Å². The van der Waals surface area contributed by atoms with Gasteiger partial charge in [-0.3, -0.25) is 0 Å². The first-order valence-corrected chi connectivity index (χ1v) is 7.93. The van der Waals surface area contributed by atoms with Crippen molar-refractivity contribution in [1.29, 1.82) is 0 Å². The van der Waals surface area contributed by atoms with Crippen LogP contribution >= 0.6 is 11.3 Å². The molecule has 0 aliphatic rings. The first kappa shape index (κ1) is 15.8. The van der Waals surface area contributed by atoms with E-state index in [1.807, 2.05) is 12.3 Å². The summed E-state index contributed by atoms with van der Waals surface area (Å²) in [6, 6.07) is 6.28. The van der Waals surface area contributed by atoms with Crippen molar-refractivity contribution in [2.45, 2.75) is 26.4 Å². The lowest BCUT2D eigenvalue weighted by Gasteiger charge is -2.14. The molecule has 0 fully saturated rings. The van der Waals surface area contributed by atoms with Gasteiger partial charge in [-0.1, -0.05) is 13.0 Å². The zero-order valence-electron chi connectivity index (χ0n) is 13.1. The molecular formula is C16H23N3OS. The maximum atomic E-state index is 5.43. The second kappa shape index (κ2) is 7.43. The molecule has 2 rings (SSSR count). The van der Waals surface area contributed by atoms with Gasteiger partial charge in [0, 0.05) is 17.6 Å². The van der Waals surface area contributed by atoms with E-state index in [-0.39, 0.29) is 0 Å². The molecule has 0 atom stereocenters. The molecule has 0 amide bonds. The van der Waals surface area contributed by atoms with Gasteiger partial charge < -0.3 is 15.0 Å². The smallest absolute Gasteiger partial charge is 0.141 e. The Hall–Kier alpha value is -1.59. The second-order valence-corrected chi connectivity index (χ2v) is 6.40. The van der Waals surface area contributed by atoms with Crippen LogP contribution in [0.5, 0.6) is 5.75 Å². The second-order valence-electron chi connectivity index (χ2n) is 5.20. The highest BCUT2D eigenvalue weighted by molar-refractivity contribution is 7.11. The van der Waals surface area contributed by atoms with E-state index >= 15 is 0 Å². The lowest BCUT2D eigenvalue weighted by atomic mass is 10.1. The van der Waals surface area contributed by atoms with Crippen molar-refractivity contribution in [1.82, 2.24) is 9.88 Å². The number of nitrogens with zero attached hydrogens (tertiary/aromatic N) is 2. The number of ether oxygens (including phenoxy) is 1. The number of benzene rings is 1. The van der Waals surface area contributed by atoms with E-state index in [1.165, 1.54) is 15.4 Å². The molecule has 0 saturated heterocycles. The van der Waals surface area contributed by atoms with E-state index < -0.39 is 0 Å². The van der Waals surface area contributed by atoms with E-state index in [1.54, 1.807) is 18.4 Å². The Balaban J connectivity index is 2.09. The zero-order valence-corrected chi connectivity index (χ0v) is 14.0. The van der Waals surface area contributed by atoms with Crippen LogP contribution in [0.25, 0.3) is 0 Å². The number of rotatable bonds is 7. The van der Waals surface area contributed by atoms with Crippen molar-refractivity contribution < 1.29 is 4.74 Å². The van der Waals surface area contributed by atoms with Crippen molar-refractivity contribution in [2.75, 3.05) is 26.5 Å². The van der Waals surface area contributed by atoms with Crippen LogP contribution in [0.15, 0.2) is 24.4 Å². The summed E-state index contributed by atoms with van der Waals surface area (Å²) < 4.78 is 5.43. The average Bonchev–Trinajstić information content (AvgIpc) is 2.92. The Bertz CT molecular complexity index is 581. The first-order valence-electron chi connectivity index (χ1n) is 7.11. The molecular weight excluding hydrogens is 282 g/mol. The summed E-state index contributed by atoms with van der Waals surface area (Å²) in [5.41, 5.74) is 2.30. The third kappa shape index (κ3) is 4.44. The van der Waals surface area contributed by atoms with Gasteiger partial charge in [0.25, 0.3) is 0 Å². The molecule has 4 nitrogen and oxygen atoms in total. The average molecular weight is 305 g/mol. The Morgan fingerprint density at radius 3 is 2.76 bits per heavy atom. The third-order valence-corrected chi connectivity index (χ3v) is 4.26. The van der Waals surface area contributed by atoms with Gasteiger partial charge in [0.2, 0.25) is 0 Å². The van der Waals surface area contributed by atoms with E-state index in [9.17, 15) is 0 Å². The molecule has 0 spiro atoms. The van der Waals surface area contributed by atoms with Crippen LogP contribution in [-0.4, -0.2) is 31.1 Å². The Kier molecular flexibility index (Phi) is 5.59. The fraction of sp³-hybridized carbons (Fsp3) is 0.438. The van der Waals surface area contributed by atoms with Crippen LogP contribution < -0.4 is 10.1 Å². The number of aryl methyl sites for hydroxylation is 1. The highest BCUT2D eigenvalue weighted by Crippen LogP contribution is 2.27. The summed E-state index contributed by atoms with van der Waals surface area (Å²) in [5.74, 6) is 0.873. The SMILES string of the molecule is CCc1ncc(CNc2cc(CN(C)C)ccc2OC)s1. The summed E-state index contributed by atoms with van der Waals surface area (Å²) in [6.45, 7) is 3.82. The summed E-state index contributed by atoms with van der Waals surface area (Å²) in [7, 11) is 5.84. The fourth-order valence-corrected chi connectivity index (χ4v) is 2.93. The van der Waals surface area contributed by atoms with Gasteiger partial charge in [-0.15, -0.1) is 11.3 Å². The maximum Gasteiger partial charge on any atom is 0.141 e. The Labute approximate surface area is 130 Å². The van der Waals surface area contributed by atoms with Gasteiger partial charge in [0.15, 0.2) is 0 Å². The molecule has 0 aliphatic heterocycles. The molecule has 1 aromatic carbocycles. The first-order chi connectivity index (χ1) is 10.1. The standard InChI is InChI=1S/C16H23N3OS/c1-5-16-18-10-13(21-16)9-17-14-8-12(11-19(2)3)6-7-15(14)20-4/h6-8,10,17H,5,9,11H2,1-4H3. The minimum absolute atomic E-state index is 0.777. The molecule has 0 aliphatic carbocycles. The maximum absolute atomic E-state index is 5.43. The quantitative estimate of drug-likeness (QED) is 0.851. The molecule has 0 unspecified atom stereocenters. The number of anilines is 1. The molecule has 2 aromatic rings. The van der Waals surface area contributed by atoms with Crippen LogP contribution in [0.2, 0.25) is 0 Å². The highest BCUT2D eigenvalue weighted by Gasteiger charge is 2.06. The summed E-state index contributed by atoms with van der Waals surface area (Å²) in [4.78, 5) is 7.78. The predicted molar refractivity (Wildman–Crippen MR) is 89.2 cm³/mol. The molecule has 0 bridgehead atoms. The number of methoxy groups -OCH3 is 1. The van der Waals surface area contributed by atoms with Crippen LogP contribution in [-0.2, 0) is 19.5 Å². The Morgan fingerprint density at radius 1 is 1.33 bits per heavy atom. The normalized spacial score (nSPS) is 10.9. The van der Waals surface area contributed by atoms with E-state index in [2.05, 4.69) is 48.4 Å². The molecule has 5 heteroatoms. The summed E-state index contributed by atoms with van der Waals surface area (Å²) >= 11 is 1.76. The van der Waals surface area contributed by atoms with Crippen molar-refractivity contribution in [3.8, 4) is 5.75 Å². The van der Waals surface area contributed by atoms with E-state index in [4.69, 9.17) is 4.74 Å². The fourth-order valence-electron chi connectivity index (χ4n) is 2.13. The van der Waals surface area contributed by atoms with E-state index in [0.717, 1.165) is 30.9 Å². The number of nitrogens with one attached hydrogen (secondary N) is 1. The van der Waals surface area contributed by atoms with Gasteiger partial charge in [0.05, 0.1) is 24.3 Å². The number of hydrogen-bond donors (Lipinski definition) is 1. The van der Waals surface area contributed by atoms with Gasteiger partial charge in [-0.05, 0) is 38.2 Å². The molecule has 21 heavy (non-hydrogen) atoms. The van der Waals surface area contributed by atoms with Gasteiger partial charge in [-0.2, -0.15) is 0 Å². The summed E-state index contributed by atoms with van der Waals surface area (Å²) in [6.07, 6.45) is 2.94. The van der Waals surface area contributed by atoms with Gasteiger partial charge in [-0.25, -0.2) is 4.98 Å². The third-order valence-electron chi connectivity index (χ3n) is 3.12. The number of aromatic nitrogens is 1. The van der Waals surface area contributed by atoms with Crippen LogP contribution in [0.3, 0.4) is 0 Å². The van der Waals surface area contributed by atoms with Gasteiger partial charge in [0.1, 0.15) is 5.75 Å². The predicted octanol–water partition coefficient (Wildman–Crippen LogP) is 3.39. The molecule has 0 radical (unpaired) electrons. The van der Waals surface area contributed by atoms with Crippen molar-refractivity contribution >= 4 is 17.0 Å². The zero-order chi connectivity index (χ0) is 15.2. The molecule has 0 saturated carbocycles. The van der Waals surface area contributed by atoms with Crippen molar-refractivity contribution in [3.63, 3.8) is 0 Å². The summed E-state index contributed by atoms with van der Waals surface area (Å²) in [5, 5.41) is 4.64. The lowest BCUT2D eigenvalue weighted by Crippen LogP contribution is -2.11. The minimum atomic E-state index is 0.777. The lowest BCUT2D eigenvalue weighted by molar-refractivity contribution is 0.400. The molecule has 114 valence electrons. The highest BCUT2D eigenvalue weighted by atomic mass is 32.1. The van der Waals surface area contributed by atoms with Crippen molar-refractivity contribution in [3.05, 3.63) is 39.8 Å². The van der Waals surface area contributed by atoms with Crippen LogP contribution in [0, 0.1) is 0 Å². The molecule has 1 heterocycles. The number of thiazole rings is 1. The molecule has 1 N–H and O–H groups in total. The monoisotopic (exact) mass is 305 g/mol. The van der Waals surface area contributed by atoms with Crippen molar-refractivity contribution in [2.24, 2.45) is 0 Å². The van der Waals surface area contributed by atoms with Crippen LogP contribution in [0.4, 0.5) is 5.69 Å². The molecule has 1 aromatic heterocycles. The Morgan fingerprint density at radius 2 is 2.14 bits per heavy atom.